The topological polar surface area (TPSA) is 20.2 Å². The largest absolute Gasteiger partial charge is 0.508 e. The van der Waals surface area contributed by atoms with Crippen LogP contribution in [0.1, 0.15) is 12.0 Å². The molecule has 3 heteroatoms. The molecule has 0 atom stereocenters. The van der Waals surface area contributed by atoms with Crippen molar-refractivity contribution in [2.75, 3.05) is 5.33 Å². The smallest absolute Gasteiger partial charge is 0.130 e. The number of hydrogen-bond acceptors (Lipinski definition) is 1. The van der Waals surface area contributed by atoms with Gasteiger partial charge in [0.2, 0.25) is 0 Å². The summed E-state index contributed by atoms with van der Waals surface area (Å²) in [5.41, 5.74) is 0.659. The van der Waals surface area contributed by atoms with E-state index in [2.05, 4.69) is 15.9 Å². The number of phenols is 1. The highest BCUT2D eigenvalue weighted by atomic mass is 79.9. The van der Waals surface area contributed by atoms with Crippen LogP contribution in [0.4, 0.5) is 4.39 Å². The predicted octanol–water partition coefficient (Wildman–Crippen LogP) is 2.86. The maximum atomic E-state index is 13.0. The molecule has 0 saturated carbocycles. The Bertz CT molecular complexity index is 263. The van der Waals surface area contributed by atoms with Crippen molar-refractivity contribution in [3.63, 3.8) is 0 Å². The number of rotatable bonds is 3. The first-order chi connectivity index (χ1) is 5.74. The van der Waals surface area contributed by atoms with Crippen LogP contribution >= 0.6 is 15.9 Å². The second kappa shape index (κ2) is 4.45. The molecule has 0 radical (unpaired) electrons. The number of alkyl halides is 1. The van der Waals surface area contributed by atoms with Crippen LogP contribution in [0.5, 0.6) is 5.75 Å². The zero-order chi connectivity index (χ0) is 8.97. The van der Waals surface area contributed by atoms with Crippen molar-refractivity contribution in [2.24, 2.45) is 0 Å². The molecule has 0 aromatic heterocycles. The van der Waals surface area contributed by atoms with E-state index in [1.807, 2.05) is 0 Å². The van der Waals surface area contributed by atoms with Crippen molar-refractivity contribution in [3.8, 4) is 5.75 Å². The molecule has 1 rings (SSSR count). The van der Waals surface area contributed by atoms with Gasteiger partial charge in [0.15, 0.2) is 0 Å². The van der Waals surface area contributed by atoms with Crippen LogP contribution < -0.4 is 0 Å². The lowest BCUT2D eigenvalue weighted by Crippen LogP contribution is -1.90. The fourth-order valence-electron chi connectivity index (χ4n) is 0.996. The molecule has 1 nitrogen and oxygen atoms in total. The third kappa shape index (κ3) is 2.48. The molecule has 0 aliphatic rings. The van der Waals surface area contributed by atoms with E-state index in [1.54, 1.807) is 6.07 Å². The molecule has 0 heterocycles. The first-order valence-corrected chi connectivity index (χ1v) is 4.89. The van der Waals surface area contributed by atoms with Crippen molar-refractivity contribution in [1.82, 2.24) is 0 Å². The summed E-state index contributed by atoms with van der Waals surface area (Å²) in [5.74, 6) is -0.342. The van der Waals surface area contributed by atoms with E-state index in [-0.39, 0.29) is 11.6 Å². The van der Waals surface area contributed by atoms with Gasteiger partial charge in [0.25, 0.3) is 0 Å². The van der Waals surface area contributed by atoms with Gasteiger partial charge in [-0.1, -0.05) is 22.0 Å². The minimum absolute atomic E-state index is 0.0184. The standard InChI is InChI=1S/C9H10BrFO/c10-5-1-2-7-3-4-8(12)6-9(7)11/h3-4,6,12H,1-2,5H2. The summed E-state index contributed by atoms with van der Waals surface area (Å²) >= 11 is 3.27. The quantitative estimate of drug-likeness (QED) is 0.796. The van der Waals surface area contributed by atoms with Crippen LogP contribution in [0.25, 0.3) is 0 Å². The van der Waals surface area contributed by atoms with Crippen molar-refractivity contribution in [2.45, 2.75) is 12.8 Å². The predicted molar refractivity (Wildman–Crippen MR) is 50.2 cm³/mol. The molecule has 66 valence electrons. The van der Waals surface area contributed by atoms with Crippen molar-refractivity contribution in [1.29, 1.82) is 0 Å². The minimum atomic E-state index is -0.323. The van der Waals surface area contributed by atoms with E-state index in [9.17, 15) is 4.39 Å². The summed E-state index contributed by atoms with van der Waals surface area (Å²) in [7, 11) is 0. The molecule has 0 bridgehead atoms. The van der Waals surface area contributed by atoms with Crippen LogP contribution in [0, 0.1) is 5.82 Å². The Morgan fingerprint density at radius 2 is 2.17 bits per heavy atom. The number of aryl methyl sites for hydroxylation is 1. The summed E-state index contributed by atoms with van der Waals surface area (Å²) in [6, 6.07) is 4.27. The zero-order valence-electron chi connectivity index (χ0n) is 6.56. The van der Waals surface area contributed by atoms with Gasteiger partial charge in [-0.2, -0.15) is 0 Å². The van der Waals surface area contributed by atoms with Crippen molar-refractivity contribution >= 4 is 15.9 Å². The monoisotopic (exact) mass is 232 g/mol. The first kappa shape index (κ1) is 9.52. The van der Waals surface area contributed by atoms with E-state index in [1.165, 1.54) is 6.07 Å². The van der Waals surface area contributed by atoms with E-state index in [4.69, 9.17) is 5.11 Å². The van der Waals surface area contributed by atoms with E-state index >= 15 is 0 Å². The summed E-state index contributed by atoms with van der Waals surface area (Å²) in [4.78, 5) is 0. The highest BCUT2D eigenvalue weighted by Crippen LogP contribution is 2.16. The van der Waals surface area contributed by atoms with Gasteiger partial charge in [-0.3, -0.25) is 0 Å². The normalized spacial score (nSPS) is 10.2. The lowest BCUT2D eigenvalue weighted by molar-refractivity contribution is 0.467. The number of phenolic OH excluding ortho intramolecular Hbond substituents is 1. The number of benzene rings is 1. The van der Waals surface area contributed by atoms with Crippen molar-refractivity contribution < 1.29 is 9.50 Å². The van der Waals surface area contributed by atoms with Gasteiger partial charge in [-0.25, -0.2) is 4.39 Å². The Kier molecular flexibility index (Phi) is 3.53. The molecule has 12 heavy (non-hydrogen) atoms. The lowest BCUT2D eigenvalue weighted by Gasteiger charge is -2.01. The SMILES string of the molecule is Oc1ccc(CCCBr)c(F)c1. The summed E-state index contributed by atoms with van der Waals surface area (Å²) in [6.07, 6.45) is 1.61. The second-order valence-corrected chi connectivity index (χ2v) is 3.36. The molecule has 1 N–H and O–H groups in total. The number of hydrogen-bond donors (Lipinski definition) is 1. The van der Waals surface area contributed by atoms with Gasteiger partial charge in [-0.15, -0.1) is 0 Å². The molecular formula is C9H10BrFO. The Labute approximate surface area is 79.4 Å². The molecular weight excluding hydrogens is 223 g/mol. The molecule has 1 aromatic carbocycles. The Morgan fingerprint density at radius 1 is 1.42 bits per heavy atom. The van der Waals surface area contributed by atoms with E-state index in [0.29, 0.717) is 12.0 Å². The van der Waals surface area contributed by atoms with Crippen LogP contribution in [-0.4, -0.2) is 10.4 Å². The van der Waals surface area contributed by atoms with Gasteiger partial charge < -0.3 is 5.11 Å². The third-order valence-corrected chi connectivity index (χ3v) is 2.18. The summed E-state index contributed by atoms with van der Waals surface area (Å²) in [6.45, 7) is 0. The maximum absolute atomic E-state index is 13.0. The molecule has 0 saturated heterocycles. The van der Waals surface area contributed by atoms with Crippen molar-refractivity contribution in [3.05, 3.63) is 29.6 Å². The van der Waals surface area contributed by atoms with Gasteiger partial charge in [0, 0.05) is 11.4 Å². The summed E-state index contributed by atoms with van der Waals surface area (Å²) < 4.78 is 13.0. The Hall–Kier alpha value is -0.570. The molecule has 1 aromatic rings. The molecule has 0 spiro atoms. The van der Waals surface area contributed by atoms with Crippen LogP contribution in [0.15, 0.2) is 18.2 Å². The van der Waals surface area contributed by atoms with Gasteiger partial charge >= 0.3 is 0 Å². The zero-order valence-corrected chi connectivity index (χ0v) is 8.14. The minimum Gasteiger partial charge on any atom is -0.508 e. The highest BCUT2D eigenvalue weighted by molar-refractivity contribution is 9.09. The van der Waals surface area contributed by atoms with Gasteiger partial charge in [0.05, 0.1) is 0 Å². The van der Waals surface area contributed by atoms with Gasteiger partial charge in [0.1, 0.15) is 11.6 Å². The average molecular weight is 233 g/mol. The maximum Gasteiger partial charge on any atom is 0.130 e. The van der Waals surface area contributed by atoms with E-state index in [0.717, 1.165) is 17.8 Å². The number of halogens is 2. The fraction of sp³-hybridized carbons (Fsp3) is 0.333. The first-order valence-electron chi connectivity index (χ1n) is 3.77. The van der Waals surface area contributed by atoms with E-state index < -0.39 is 0 Å². The highest BCUT2D eigenvalue weighted by Gasteiger charge is 2.01. The van der Waals surface area contributed by atoms with Gasteiger partial charge in [-0.05, 0) is 24.5 Å². The molecule has 0 aliphatic heterocycles. The summed E-state index contributed by atoms with van der Waals surface area (Å²) in [5, 5.41) is 9.78. The fourth-order valence-corrected chi connectivity index (χ4v) is 1.28. The molecule has 0 aliphatic carbocycles. The Morgan fingerprint density at radius 3 is 2.75 bits per heavy atom. The third-order valence-electron chi connectivity index (χ3n) is 1.62. The van der Waals surface area contributed by atoms with Crippen LogP contribution in [-0.2, 0) is 6.42 Å². The molecule has 0 fully saturated rings. The molecule has 0 unspecified atom stereocenters. The van der Waals surface area contributed by atoms with Crippen LogP contribution in [0.3, 0.4) is 0 Å². The lowest BCUT2D eigenvalue weighted by atomic mass is 10.1. The number of aromatic hydroxyl groups is 1. The molecule has 0 amide bonds. The van der Waals surface area contributed by atoms with Crippen LogP contribution in [0.2, 0.25) is 0 Å². The average Bonchev–Trinajstić information content (AvgIpc) is 2.03. The second-order valence-electron chi connectivity index (χ2n) is 2.57. The Balaban J connectivity index is 2.72.